The predicted molar refractivity (Wildman–Crippen MR) is 78.3 cm³/mol. The Bertz CT molecular complexity index is 622. The van der Waals surface area contributed by atoms with E-state index in [1.165, 1.54) is 0 Å². The summed E-state index contributed by atoms with van der Waals surface area (Å²) < 4.78 is 0. The number of tetrazole rings is 1. The molecule has 0 saturated carbocycles. The van der Waals surface area contributed by atoms with Crippen molar-refractivity contribution < 1.29 is 4.79 Å². The SMILES string of the molecule is O=C(CN1CCC=C(c2nn[nH]n2)C1)Nc1ccccc1. The number of rotatable bonds is 4. The fourth-order valence-corrected chi connectivity index (χ4v) is 2.33. The molecule has 1 aromatic heterocycles. The number of aromatic amines is 1. The number of hydrogen-bond acceptors (Lipinski definition) is 5. The second-order valence-corrected chi connectivity index (χ2v) is 4.88. The summed E-state index contributed by atoms with van der Waals surface area (Å²) in [6, 6.07) is 9.46. The zero-order chi connectivity index (χ0) is 14.5. The van der Waals surface area contributed by atoms with Crippen molar-refractivity contribution in [1.82, 2.24) is 25.5 Å². The number of carbonyl (C=O) groups excluding carboxylic acids is 1. The van der Waals surface area contributed by atoms with E-state index in [9.17, 15) is 4.79 Å². The van der Waals surface area contributed by atoms with Crippen LogP contribution in [0.1, 0.15) is 12.2 Å². The van der Waals surface area contributed by atoms with Crippen molar-refractivity contribution in [3.8, 4) is 0 Å². The molecule has 0 saturated heterocycles. The summed E-state index contributed by atoms with van der Waals surface area (Å²) in [4.78, 5) is 14.1. The smallest absolute Gasteiger partial charge is 0.238 e. The average molecular weight is 284 g/mol. The summed E-state index contributed by atoms with van der Waals surface area (Å²) in [5.41, 5.74) is 1.82. The summed E-state index contributed by atoms with van der Waals surface area (Å²) in [5.74, 6) is 0.582. The number of carbonyl (C=O) groups is 1. The second-order valence-electron chi connectivity index (χ2n) is 4.88. The molecule has 2 heterocycles. The van der Waals surface area contributed by atoms with Crippen LogP contribution in [-0.4, -0.2) is 51.1 Å². The van der Waals surface area contributed by atoms with Gasteiger partial charge in [-0.1, -0.05) is 24.3 Å². The van der Waals surface area contributed by atoms with Crippen LogP contribution in [0.15, 0.2) is 36.4 Å². The number of nitrogens with zero attached hydrogens (tertiary/aromatic N) is 4. The second kappa shape index (κ2) is 6.27. The van der Waals surface area contributed by atoms with Crippen molar-refractivity contribution in [1.29, 1.82) is 0 Å². The first-order valence-electron chi connectivity index (χ1n) is 6.81. The van der Waals surface area contributed by atoms with E-state index >= 15 is 0 Å². The Morgan fingerprint density at radius 2 is 2.19 bits per heavy atom. The van der Waals surface area contributed by atoms with Crippen LogP contribution in [0.25, 0.3) is 5.57 Å². The molecule has 0 unspecified atom stereocenters. The van der Waals surface area contributed by atoms with Gasteiger partial charge in [-0.15, -0.1) is 10.2 Å². The van der Waals surface area contributed by atoms with Gasteiger partial charge in [-0.25, -0.2) is 0 Å². The molecule has 21 heavy (non-hydrogen) atoms. The molecule has 1 aliphatic heterocycles. The van der Waals surface area contributed by atoms with Gasteiger partial charge in [0.25, 0.3) is 0 Å². The Hall–Kier alpha value is -2.54. The summed E-state index contributed by atoms with van der Waals surface area (Å²) >= 11 is 0. The van der Waals surface area contributed by atoms with E-state index in [1.807, 2.05) is 30.3 Å². The number of aromatic nitrogens is 4. The van der Waals surface area contributed by atoms with Gasteiger partial charge < -0.3 is 5.32 Å². The molecular weight excluding hydrogens is 268 g/mol. The normalized spacial score (nSPS) is 15.5. The van der Waals surface area contributed by atoms with E-state index in [-0.39, 0.29) is 5.91 Å². The largest absolute Gasteiger partial charge is 0.325 e. The van der Waals surface area contributed by atoms with Crippen molar-refractivity contribution >= 4 is 17.2 Å². The molecule has 1 aliphatic rings. The Morgan fingerprint density at radius 3 is 2.95 bits per heavy atom. The maximum atomic E-state index is 12.1. The molecule has 0 aliphatic carbocycles. The summed E-state index contributed by atoms with van der Waals surface area (Å²) in [6.07, 6.45) is 2.97. The van der Waals surface area contributed by atoms with Gasteiger partial charge in [-0.2, -0.15) is 5.21 Å². The number of H-pyrrole nitrogens is 1. The first-order valence-corrected chi connectivity index (χ1v) is 6.81. The molecule has 7 heteroatoms. The van der Waals surface area contributed by atoms with Crippen LogP contribution in [0.4, 0.5) is 5.69 Å². The first kappa shape index (κ1) is 13.4. The van der Waals surface area contributed by atoms with Crippen molar-refractivity contribution in [2.75, 3.05) is 25.0 Å². The molecule has 0 fully saturated rings. The summed E-state index contributed by atoms with van der Waals surface area (Å²) in [5, 5.41) is 16.9. The van der Waals surface area contributed by atoms with E-state index in [0.29, 0.717) is 18.9 Å². The van der Waals surface area contributed by atoms with E-state index in [1.54, 1.807) is 0 Å². The van der Waals surface area contributed by atoms with E-state index in [0.717, 1.165) is 24.2 Å². The highest BCUT2D eigenvalue weighted by molar-refractivity contribution is 5.92. The summed E-state index contributed by atoms with van der Waals surface area (Å²) in [6.45, 7) is 1.86. The number of anilines is 1. The number of hydrogen-bond donors (Lipinski definition) is 2. The van der Waals surface area contributed by atoms with Gasteiger partial charge >= 0.3 is 0 Å². The Labute approximate surface area is 122 Å². The fraction of sp³-hybridized carbons (Fsp3) is 0.286. The minimum atomic E-state index is -0.0180. The van der Waals surface area contributed by atoms with Gasteiger partial charge in [0.2, 0.25) is 11.7 Å². The van der Waals surface area contributed by atoms with Crippen molar-refractivity contribution in [2.24, 2.45) is 0 Å². The van der Waals surface area contributed by atoms with Gasteiger partial charge in [0.1, 0.15) is 0 Å². The average Bonchev–Trinajstić information content (AvgIpc) is 3.02. The highest BCUT2D eigenvalue weighted by atomic mass is 16.2. The highest BCUT2D eigenvalue weighted by Gasteiger charge is 2.18. The summed E-state index contributed by atoms with van der Waals surface area (Å²) in [7, 11) is 0. The van der Waals surface area contributed by atoms with Crippen molar-refractivity contribution in [3.63, 3.8) is 0 Å². The molecule has 0 radical (unpaired) electrons. The van der Waals surface area contributed by atoms with E-state index < -0.39 is 0 Å². The third kappa shape index (κ3) is 3.51. The lowest BCUT2D eigenvalue weighted by Gasteiger charge is -2.25. The number of amides is 1. The van der Waals surface area contributed by atoms with Crippen LogP contribution in [0.5, 0.6) is 0 Å². The zero-order valence-electron chi connectivity index (χ0n) is 11.5. The molecule has 1 aromatic carbocycles. The van der Waals surface area contributed by atoms with Gasteiger partial charge in [0.15, 0.2) is 0 Å². The Kier molecular flexibility index (Phi) is 4.02. The molecule has 0 spiro atoms. The van der Waals surface area contributed by atoms with Crippen LogP contribution in [-0.2, 0) is 4.79 Å². The molecule has 3 rings (SSSR count). The maximum Gasteiger partial charge on any atom is 0.238 e. The number of para-hydroxylation sites is 1. The van der Waals surface area contributed by atoms with E-state index in [2.05, 4.69) is 36.9 Å². The maximum absolute atomic E-state index is 12.1. The van der Waals surface area contributed by atoms with E-state index in [4.69, 9.17) is 0 Å². The van der Waals surface area contributed by atoms with Crippen molar-refractivity contribution in [2.45, 2.75) is 6.42 Å². The third-order valence-corrected chi connectivity index (χ3v) is 3.29. The lowest BCUT2D eigenvalue weighted by Crippen LogP contribution is -2.36. The molecule has 0 bridgehead atoms. The molecule has 1 amide bonds. The van der Waals surface area contributed by atoms with Crippen LogP contribution in [0.2, 0.25) is 0 Å². The van der Waals surface area contributed by atoms with Crippen LogP contribution < -0.4 is 5.32 Å². The van der Waals surface area contributed by atoms with Gasteiger partial charge in [0.05, 0.1) is 6.54 Å². The van der Waals surface area contributed by atoms with Gasteiger partial charge in [0, 0.05) is 24.4 Å². The molecule has 108 valence electrons. The van der Waals surface area contributed by atoms with Crippen LogP contribution in [0, 0.1) is 0 Å². The van der Waals surface area contributed by atoms with Crippen molar-refractivity contribution in [3.05, 3.63) is 42.2 Å². The number of nitrogens with one attached hydrogen (secondary N) is 2. The lowest BCUT2D eigenvalue weighted by molar-refractivity contribution is -0.117. The number of benzene rings is 1. The Morgan fingerprint density at radius 1 is 1.33 bits per heavy atom. The zero-order valence-corrected chi connectivity index (χ0v) is 11.5. The molecule has 2 N–H and O–H groups in total. The molecular formula is C14H16N6O. The standard InChI is InChI=1S/C14H16N6O/c21-13(15-12-6-2-1-3-7-12)10-20-8-4-5-11(9-20)14-16-18-19-17-14/h1-3,5-7H,4,8-10H2,(H,15,21)(H,16,17,18,19). The topological polar surface area (TPSA) is 86.8 Å². The minimum absolute atomic E-state index is 0.0180. The molecule has 0 atom stereocenters. The third-order valence-electron chi connectivity index (χ3n) is 3.29. The molecule has 2 aromatic rings. The molecule has 7 nitrogen and oxygen atoms in total. The van der Waals surface area contributed by atoms with Gasteiger partial charge in [-0.3, -0.25) is 9.69 Å². The Balaban J connectivity index is 1.56. The predicted octanol–water partition coefficient (Wildman–Crippen LogP) is 0.927. The quantitative estimate of drug-likeness (QED) is 0.872. The lowest BCUT2D eigenvalue weighted by atomic mass is 10.1. The first-order chi connectivity index (χ1) is 10.3. The fourth-order valence-electron chi connectivity index (χ4n) is 2.33. The highest BCUT2D eigenvalue weighted by Crippen LogP contribution is 2.16. The monoisotopic (exact) mass is 284 g/mol. The van der Waals surface area contributed by atoms with Crippen LogP contribution >= 0.6 is 0 Å². The minimum Gasteiger partial charge on any atom is -0.325 e. The van der Waals surface area contributed by atoms with Crippen LogP contribution in [0.3, 0.4) is 0 Å². The van der Waals surface area contributed by atoms with Gasteiger partial charge in [-0.05, 0) is 23.8 Å².